The van der Waals surface area contributed by atoms with E-state index in [0.717, 1.165) is 101 Å². The van der Waals surface area contributed by atoms with E-state index in [1.807, 2.05) is 0 Å². The van der Waals surface area contributed by atoms with Crippen molar-refractivity contribution in [3.8, 4) is 17.2 Å². The van der Waals surface area contributed by atoms with Crippen molar-refractivity contribution >= 4 is 0 Å². The number of methoxy groups -OCH3 is 3. The molecule has 0 fully saturated rings. The van der Waals surface area contributed by atoms with Gasteiger partial charge in [0, 0.05) is 33.4 Å². The first-order valence-electron chi connectivity index (χ1n) is 21.5. The molecule has 4 heterocycles. The minimum Gasteiger partial charge on any atom is -0.496 e. The molecule has 0 spiro atoms. The molecular formula is C54H60O9. The molecule has 4 aliphatic rings. The molecule has 0 aromatic heterocycles. The van der Waals surface area contributed by atoms with Crippen LogP contribution in [-0.4, -0.2) is 21.3 Å². The van der Waals surface area contributed by atoms with E-state index in [2.05, 4.69) is 130 Å². The number of hydrogen-bond donors (Lipinski definition) is 0. The molecule has 330 valence electrons. The summed E-state index contributed by atoms with van der Waals surface area (Å²) in [5.41, 5.74) is 15.8. The normalized spacial score (nSPS) is 15.0. The van der Waals surface area contributed by atoms with Crippen molar-refractivity contribution in [2.45, 2.75) is 100 Å². The highest BCUT2D eigenvalue weighted by Gasteiger charge is 2.15. The lowest BCUT2D eigenvalue weighted by Crippen LogP contribution is -2.04. The van der Waals surface area contributed by atoms with Crippen LogP contribution in [0.5, 0.6) is 17.2 Å². The molecular weight excluding hydrogens is 793 g/mol. The van der Waals surface area contributed by atoms with Crippen LogP contribution in [0.15, 0.2) is 109 Å². The lowest BCUT2D eigenvalue weighted by atomic mass is 10.1. The maximum absolute atomic E-state index is 6.21. The van der Waals surface area contributed by atoms with Crippen molar-refractivity contribution in [2.75, 3.05) is 21.3 Å². The summed E-state index contributed by atoms with van der Waals surface area (Å²) < 4.78 is 55.0. The zero-order valence-corrected chi connectivity index (χ0v) is 37.6. The quantitative estimate of drug-likeness (QED) is 0.173. The monoisotopic (exact) mass is 852 g/mol. The molecule has 6 aromatic rings. The predicted molar refractivity (Wildman–Crippen MR) is 243 cm³/mol. The Kier molecular flexibility index (Phi) is 16.4. The standard InChI is InChI=1S/C54H60O9/c1-37-19-46-31-58-25-40-7-11-42(12-8-40)27-60-33-48-21-38(2)23-50(53(48)56-5)35-62-29-44-15-17-45(18-16-44)30-63-36-51-24-39(3)22-49(54(51)57-6)34-61-28-43-13-9-41(10-14-43)26-59-32-47(20-37)52(46)55-4/h7-24H,25-36H2,1-6H3. The second-order valence-electron chi connectivity index (χ2n) is 16.3. The van der Waals surface area contributed by atoms with E-state index in [4.69, 9.17) is 42.6 Å². The SMILES string of the molecule is COc1c2cc(C)cc1COCc1ccc(cc1)COCc1cc(C)cc(c1OC)COCc1ccc(cc1)COCc1cc(C)cc(c1OC)COCc1ccc(cc1)COC2. The summed E-state index contributed by atoms with van der Waals surface area (Å²) in [5, 5.41) is 0. The molecule has 6 aromatic carbocycles. The van der Waals surface area contributed by atoms with E-state index >= 15 is 0 Å². The lowest BCUT2D eigenvalue weighted by Gasteiger charge is -2.16. The first-order valence-corrected chi connectivity index (χ1v) is 21.5. The molecule has 0 amide bonds. The van der Waals surface area contributed by atoms with E-state index in [9.17, 15) is 0 Å². The minimum atomic E-state index is 0.414. The van der Waals surface area contributed by atoms with Gasteiger partial charge in [0.25, 0.3) is 0 Å². The van der Waals surface area contributed by atoms with Gasteiger partial charge in [-0.1, -0.05) is 126 Å². The van der Waals surface area contributed by atoms with E-state index in [1.165, 1.54) is 0 Å². The number of aryl methyl sites for hydroxylation is 3. The minimum absolute atomic E-state index is 0.414. The van der Waals surface area contributed by atoms with E-state index < -0.39 is 0 Å². The molecule has 0 N–H and O–H groups in total. The van der Waals surface area contributed by atoms with Crippen LogP contribution in [0.25, 0.3) is 0 Å². The van der Waals surface area contributed by atoms with Gasteiger partial charge in [-0.15, -0.1) is 0 Å². The number of benzene rings is 6. The highest BCUT2D eigenvalue weighted by Crippen LogP contribution is 2.31. The fourth-order valence-electron chi connectivity index (χ4n) is 8.08. The van der Waals surface area contributed by atoms with E-state index in [1.54, 1.807) is 21.3 Å². The van der Waals surface area contributed by atoms with Gasteiger partial charge in [0.2, 0.25) is 0 Å². The molecule has 0 radical (unpaired) electrons. The molecule has 0 saturated carbocycles. The summed E-state index contributed by atoms with van der Waals surface area (Å²) in [6, 6.07) is 37.7. The van der Waals surface area contributed by atoms with Crippen LogP contribution >= 0.6 is 0 Å². The molecule has 9 heteroatoms. The molecule has 4 aliphatic heterocycles. The van der Waals surface area contributed by atoms with Gasteiger partial charge in [-0.25, -0.2) is 0 Å². The summed E-state index contributed by atoms with van der Waals surface area (Å²) in [7, 11) is 5.10. The highest BCUT2D eigenvalue weighted by molar-refractivity contribution is 5.46. The third kappa shape index (κ3) is 12.8. The van der Waals surface area contributed by atoms with Gasteiger partial charge in [-0.3, -0.25) is 0 Å². The van der Waals surface area contributed by atoms with Crippen LogP contribution in [0.2, 0.25) is 0 Å². The maximum Gasteiger partial charge on any atom is 0.129 e. The number of fused-ring (bicyclic) bond motifs is 3. The summed E-state index contributed by atoms with van der Waals surface area (Å²) in [5.74, 6) is 2.37. The molecule has 0 unspecified atom stereocenters. The fourth-order valence-corrected chi connectivity index (χ4v) is 8.08. The summed E-state index contributed by atoms with van der Waals surface area (Å²) in [6.07, 6.45) is 0. The summed E-state index contributed by atoms with van der Waals surface area (Å²) in [6.45, 7) is 11.5. The van der Waals surface area contributed by atoms with Gasteiger partial charge < -0.3 is 42.6 Å². The predicted octanol–water partition coefficient (Wildman–Crippen LogP) is 11.3. The Balaban J connectivity index is 1.05. The van der Waals surface area contributed by atoms with Gasteiger partial charge in [0.1, 0.15) is 17.2 Å². The Morgan fingerprint density at radius 3 is 0.571 bits per heavy atom. The van der Waals surface area contributed by atoms with Gasteiger partial charge >= 0.3 is 0 Å². The van der Waals surface area contributed by atoms with E-state index in [-0.39, 0.29) is 0 Å². The first kappa shape index (κ1) is 45.5. The van der Waals surface area contributed by atoms with Crippen molar-refractivity contribution in [3.63, 3.8) is 0 Å². The fraction of sp³-hybridized carbons (Fsp3) is 0.333. The van der Waals surface area contributed by atoms with Gasteiger partial charge in [0.15, 0.2) is 0 Å². The topological polar surface area (TPSA) is 83.1 Å². The Morgan fingerprint density at radius 1 is 0.270 bits per heavy atom. The second kappa shape index (κ2) is 22.7. The van der Waals surface area contributed by atoms with Crippen LogP contribution in [0.1, 0.15) is 83.5 Å². The third-order valence-electron chi connectivity index (χ3n) is 11.0. The lowest BCUT2D eigenvalue weighted by molar-refractivity contribution is 0.0983. The van der Waals surface area contributed by atoms with Gasteiger partial charge in [0.05, 0.1) is 101 Å². The molecule has 12 bridgehead atoms. The van der Waals surface area contributed by atoms with Crippen molar-refractivity contribution < 1.29 is 42.6 Å². The molecule has 63 heavy (non-hydrogen) atoms. The van der Waals surface area contributed by atoms with Crippen LogP contribution in [0, 0.1) is 20.8 Å². The van der Waals surface area contributed by atoms with Gasteiger partial charge in [-0.2, -0.15) is 0 Å². The molecule has 0 atom stereocenters. The Morgan fingerprint density at radius 2 is 0.429 bits per heavy atom. The number of hydrogen-bond acceptors (Lipinski definition) is 9. The molecule has 0 saturated heterocycles. The maximum atomic E-state index is 6.21. The largest absolute Gasteiger partial charge is 0.496 e. The number of ether oxygens (including phenoxy) is 9. The Labute approximate surface area is 372 Å². The zero-order valence-electron chi connectivity index (χ0n) is 37.6. The van der Waals surface area contributed by atoms with Crippen molar-refractivity contribution in [2.24, 2.45) is 0 Å². The van der Waals surface area contributed by atoms with Crippen LogP contribution in [0.3, 0.4) is 0 Å². The molecule has 10 rings (SSSR count). The zero-order chi connectivity index (χ0) is 44.0. The molecule has 0 aliphatic carbocycles. The number of rotatable bonds is 3. The average Bonchev–Trinajstić information content (AvgIpc) is 3.27. The van der Waals surface area contributed by atoms with Crippen molar-refractivity contribution in [1.82, 2.24) is 0 Å². The van der Waals surface area contributed by atoms with Crippen molar-refractivity contribution in [1.29, 1.82) is 0 Å². The first-order chi connectivity index (χ1) is 30.8. The van der Waals surface area contributed by atoms with Crippen LogP contribution in [-0.2, 0) is 108 Å². The summed E-state index contributed by atoms with van der Waals surface area (Å²) in [4.78, 5) is 0. The molecule has 9 nitrogen and oxygen atoms in total. The average molecular weight is 853 g/mol. The Bertz CT molecular complexity index is 1970. The smallest absolute Gasteiger partial charge is 0.129 e. The highest BCUT2D eigenvalue weighted by atomic mass is 16.5. The van der Waals surface area contributed by atoms with Crippen LogP contribution < -0.4 is 14.2 Å². The third-order valence-corrected chi connectivity index (χ3v) is 11.0. The summed E-state index contributed by atoms with van der Waals surface area (Å²) >= 11 is 0. The second-order valence-corrected chi connectivity index (χ2v) is 16.3. The Hall–Kier alpha value is -5.52. The van der Waals surface area contributed by atoms with E-state index in [0.29, 0.717) is 79.3 Å². The van der Waals surface area contributed by atoms with Crippen molar-refractivity contribution in [3.05, 3.63) is 193 Å². The van der Waals surface area contributed by atoms with Gasteiger partial charge in [-0.05, 0) is 54.2 Å². The van der Waals surface area contributed by atoms with Crippen LogP contribution in [0.4, 0.5) is 0 Å².